The van der Waals surface area contributed by atoms with Crippen LogP contribution in [0, 0.1) is 0 Å². The zero-order valence-corrected chi connectivity index (χ0v) is 17.6. The lowest BCUT2D eigenvalue weighted by molar-refractivity contribution is -0.141. The van der Waals surface area contributed by atoms with Crippen molar-refractivity contribution in [1.82, 2.24) is 0 Å². The minimum atomic E-state index is -2.10. The largest absolute Gasteiger partial charge is 0.479 e. The number of hydrogen-bond acceptors (Lipinski definition) is 5. The van der Waals surface area contributed by atoms with Gasteiger partial charge in [-0.3, -0.25) is 10.3 Å². The molecule has 1 unspecified atom stereocenters. The maximum Gasteiger partial charge on any atom is 0.411 e. The van der Waals surface area contributed by atoms with E-state index in [-0.39, 0.29) is 44.1 Å². The van der Waals surface area contributed by atoms with Crippen molar-refractivity contribution in [3.05, 3.63) is 74.7 Å². The van der Waals surface area contributed by atoms with E-state index < -0.39 is 23.6 Å². The first-order chi connectivity index (χ1) is 14.7. The molecule has 1 atom stereocenters. The van der Waals surface area contributed by atoms with Crippen LogP contribution in [0.25, 0.3) is 5.57 Å². The van der Waals surface area contributed by atoms with E-state index in [4.69, 9.17) is 33.0 Å². The number of benzene rings is 2. The molecule has 0 bridgehead atoms. The molecule has 0 spiro atoms. The highest BCUT2D eigenvalue weighted by molar-refractivity contribution is 6.34. The van der Waals surface area contributed by atoms with Gasteiger partial charge in [0.2, 0.25) is 5.54 Å². The minimum Gasteiger partial charge on any atom is -0.479 e. The van der Waals surface area contributed by atoms with Crippen LogP contribution in [0.4, 0.5) is 10.5 Å². The number of anilines is 1. The van der Waals surface area contributed by atoms with Gasteiger partial charge in [-0.1, -0.05) is 41.4 Å². The SMILES string of the molecule is CCOC(=O)Nc1ccccc1C1(C(=O)O)N=c2cc(Cl)cc(Cl)c2=C1C=CC(=O)O. The van der Waals surface area contributed by atoms with Crippen molar-refractivity contribution < 1.29 is 29.3 Å². The number of para-hydroxylation sites is 1. The first-order valence-electron chi connectivity index (χ1n) is 8.98. The molecule has 1 heterocycles. The number of fused-ring (bicyclic) bond motifs is 1. The summed E-state index contributed by atoms with van der Waals surface area (Å²) in [7, 11) is 0. The number of nitrogens with one attached hydrogen (secondary N) is 1. The van der Waals surface area contributed by atoms with Crippen LogP contribution in [-0.4, -0.2) is 34.9 Å². The molecule has 1 amide bonds. The summed E-state index contributed by atoms with van der Waals surface area (Å²) < 4.78 is 4.89. The first kappa shape index (κ1) is 22.3. The molecule has 8 nitrogen and oxygen atoms in total. The van der Waals surface area contributed by atoms with Crippen LogP contribution in [0.2, 0.25) is 10.0 Å². The monoisotopic (exact) mass is 462 g/mol. The fourth-order valence-corrected chi connectivity index (χ4v) is 3.95. The number of ether oxygens (including phenoxy) is 1. The van der Waals surface area contributed by atoms with Gasteiger partial charge in [0, 0.05) is 27.5 Å². The van der Waals surface area contributed by atoms with Crippen molar-refractivity contribution >= 4 is 52.5 Å². The maximum atomic E-state index is 12.7. The van der Waals surface area contributed by atoms with Gasteiger partial charge in [-0.2, -0.15) is 0 Å². The number of halogens is 2. The molecule has 1 aliphatic heterocycles. The number of carbonyl (C=O) groups excluding carboxylic acids is 1. The second-order valence-corrected chi connectivity index (χ2v) is 7.23. The highest BCUT2D eigenvalue weighted by Gasteiger charge is 2.48. The number of rotatable bonds is 6. The van der Waals surface area contributed by atoms with Crippen molar-refractivity contribution in [1.29, 1.82) is 0 Å². The van der Waals surface area contributed by atoms with E-state index in [1.54, 1.807) is 19.1 Å². The normalized spacial score (nSPS) is 17.2. The Bertz CT molecular complexity index is 1240. The van der Waals surface area contributed by atoms with E-state index in [2.05, 4.69) is 10.3 Å². The number of carboxylic acid groups (broad SMARTS) is 2. The number of amides is 1. The summed E-state index contributed by atoms with van der Waals surface area (Å²) >= 11 is 12.4. The highest BCUT2D eigenvalue weighted by Crippen LogP contribution is 2.41. The summed E-state index contributed by atoms with van der Waals surface area (Å²) in [5, 5.41) is 22.7. The van der Waals surface area contributed by atoms with Gasteiger partial charge in [0.1, 0.15) is 0 Å². The molecule has 31 heavy (non-hydrogen) atoms. The zero-order valence-electron chi connectivity index (χ0n) is 16.1. The molecule has 1 aliphatic rings. The second kappa shape index (κ2) is 8.79. The number of hydrogen-bond donors (Lipinski definition) is 3. The highest BCUT2D eigenvalue weighted by atomic mass is 35.5. The molecule has 0 saturated carbocycles. The number of carboxylic acids is 2. The Kier molecular flexibility index (Phi) is 6.33. The molecule has 2 aromatic rings. The Morgan fingerprint density at radius 2 is 1.90 bits per heavy atom. The van der Waals surface area contributed by atoms with Crippen molar-refractivity contribution in [2.75, 3.05) is 11.9 Å². The summed E-state index contributed by atoms with van der Waals surface area (Å²) in [4.78, 5) is 40.3. The van der Waals surface area contributed by atoms with Gasteiger partial charge in [0.15, 0.2) is 0 Å². The van der Waals surface area contributed by atoms with E-state index >= 15 is 0 Å². The summed E-state index contributed by atoms with van der Waals surface area (Å²) in [5.41, 5.74) is -1.87. The lowest BCUT2D eigenvalue weighted by Crippen LogP contribution is -2.36. The Morgan fingerprint density at radius 1 is 1.19 bits per heavy atom. The van der Waals surface area contributed by atoms with E-state index in [0.29, 0.717) is 0 Å². The second-order valence-electron chi connectivity index (χ2n) is 6.39. The third-order valence-electron chi connectivity index (χ3n) is 4.51. The summed E-state index contributed by atoms with van der Waals surface area (Å²) in [6.45, 7) is 1.74. The van der Waals surface area contributed by atoms with Crippen molar-refractivity contribution in [2.24, 2.45) is 4.99 Å². The van der Waals surface area contributed by atoms with E-state index in [9.17, 15) is 19.5 Å². The predicted molar refractivity (Wildman–Crippen MR) is 114 cm³/mol. The molecule has 0 aliphatic carbocycles. The van der Waals surface area contributed by atoms with Crippen molar-refractivity contribution in [3.8, 4) is 0 Å². The quantitative estimate of drug-likeness (QED) is 0.566. The molecular formula is C21H16Cl2N2O6. The maximum absolute atomic E-state index is 12.7. The van der Waals surface area contributed by atoms with Gasteiger partial charge < -0.3 is 14.9 Å². The Hall–Kier alpha value is -3.36. The zero-order chi connectivity index (χ0) is 22.8. The summed E-state index contributed by atoms with van der Waals surface area (Å²) in [5.74, 6) is -2.69. The third kappa shape index (κ3) is 4.12. The third-order valence-corrected chi connectivity index (χ3v) is 5.03. The molecule has 0 saturated heterocycles. The van der Waals surface area contributed by atoms with E-state index in [1.807, 2.05) is 0 Å². The Balaban J connectivity index is 2.39. The average molecular weight is 463 g/mol. The molecule has 3 N–H and O–H groups in total. The van der Waals surface area contributed by atoms with Crippen LogP contribution < -0.4 is 15.9 Å². The first-order valence-corrected chi connectivity index (χ1v) is 9.73. The molecular weight excluding hydrogens is 447 g/mol. The molecule has 0 fully saturated rings. The van der Waals surface area contributed by atoms with Gasteiger partial charge >= 0.3 is 18.0 Å². The fourth-order valence-electron chi connectivity index (χ4n) is 3.36. The van der Waals surface area contributed by atoms with Gasteiger partial charge in [-0.15, -0.1) is 0 Å². The minimum absolute atomic E-state index is 0.0113. The van der Waals surface area contributed by atoms with Gasteiger partial charge in [-0.25, -0.2) is 14.4 Å². The average Bonchev–Trinajstić information content (AvgIpc) is 3.02. The van der Waals surface area contributed by atoms with Crippen LogP contribution in [0.3, 0.4) is 0 Å². The Morgan fingerprint density at radius 3 is 2.55 bits per heavy atom. The van der Waals surface area contributed by atoms with Gasteiger partial charge in [-0.05, 0) is 31.2 Å². The number of carbonyl (C=O) groups is 3. The van der Waals surface area contributed by atoms with E-state index in [0.717, 1.165) is 12.2 Å². The molecule has 10 heteroatoms. The molecule has 0 radical (unpaired) electrons. The van der Waals surface area contributed by atoms with Crippen LogP contribution in [0.1, 0.15) is 12.5 Å². The summed E-state index contributed by atoms with van der Waals surface area (Å²) in [6, 6.07) is 8.97. The Labute approximate surface area is 186 Å². The standard InChI is InChI=1S/C21H16Cl2N2O6/c1-2-31-20(30)24-15-6-4-3-5-12(15)21(19(28)29)13(7-8-17(26)27)18-14(23)9-11(22)10-16(18)25-21/h3-10H,2H2,1H3,(H,24,30)(H,26,27)(H,28,29). The fraction of sp³-hybridized carbons (Fsp3) is 0.143. The topological polar surface area (TPSA) is 125 Å². The lowest BCUT2D eigenvalue weighted by atomic mass is 9.82. The number of nitrogens with zero attached hydrogens (tertiary/aromatic N) is 1. The van der Waals surface area contributed by atoms with Crippen molar-refractivity contribution in [3.63, 3.8) is 0 Å². The number of aliphatic carboxylic acids is 2. The lowest BCUT2D eigenvalue weighted by Gasteiger charge is -2.27. The van der Waals surface area contributed by atoms with Crippen molar-refractivity contribution in [2.45, 2.75) is 12.5 Å². The summed E-state index contributed by atoms with van der Waals surface area (Å²) in [6.07, 6.45) is 1.14. The van der Waals surface area contributed by atoms with Crippen LogP contribution >= 0.6 is 23.2 Å². The molecule has 160 valence electrons. The smallest absolute Gasteiger partial charge is 0.411 e. The van der Waals surface area contributed by atoms with Crippen LogP contribution in [0.15, 0.2) is 53.5 Å². The van der Waals surface area contributed by atoms with Gasteiger partial charge in [0.05, 0.1) is 22.7 Å². The van der Waals surface area contributed by atoms with E-state index in [1.165, 1.54) is 24.3 Å². The van der Waals surface area contributed by atoms with Crippen LogP contribution in [0.5, 0.6) is 0 Å². The molecule has 3 rings (SSSR count). The molecule has 0 aromatic heterocycles. The van der Waals surface area contributed by atoms with Gasteiger partial charge in [0.25, 0.3) is 0 Å². The predicted octanol–water partition coefficient (Wildman–Crippen LogP) is 2.97. The van der Waals surface area contributed by atoms with Crippen LogP contribution in [-0.2, 0) is 19.9 Å². The molecule has 2 aromatic carbocycles.